The van der Waals surface area contributed by atoms with Gasteiger partial charge in [-0.3, -0.25) is 5.10 Å². The molecule has 0 saturated heterocycles. The molecule has 5 nitrogen and oxygen atoms in total. The molecule has 0 aliphatic rings. The molecule has 0 saturated carbocycles. The largest absolute Gasteiger partial charge is 0.285 e. The maximum Gasteiger partial charge on any atom is 0.241 e. The van der Waals surface area contributed by atoms with E-state index in [-0.39, 0.29) is 10.9 Å². The van der Waals surface area contributed by atoms with Crippen LogP contribution in [0.2, 0.25) is 5.02 Å². The lowest BCUT2D eigenvalue weighted by molar-refractivity contribution is 0.566. The van der Waals surface area contributed by atoms with E-state index in [0.29, 0.717) is 10.6 Å². The molecule has 2 aromatic rings. The van der Waals surface area contributed by atoms with Crippen LogP contribution in [0.15, 0.2) is 35.5 Å². The topological polar surface area (TPSA) is 74.8 Å². The lowest BCUT2D eigenvalue weighted by Crippen LogP contribution is -2.27. The molecule has 0 aliphatic heterocycles. The van der Waals surface area contributed by atoms with E-state index in [9.17, 15) is 8.42 Å². The normalized spacial score (nSPS) is 13.4. The molecular weight excluding hydrogens is 286 g/mol. The Labute approximate surface area is 117 Å². The first kappa shape index (κ1) is 14.0. The first-order chi connectivity index (χ1) is 8.90. The average Bonchev–Trinajstić information content (AvgIpc) is 2.85. The van der Waals surface area contributed by atoms with Crippen LogP contribution < -0.4 is 4.72 Å². The van der Waals surface area contributed by atoms with Crippen LogP contribution in [0.4, 0.5) is 0 Å². The summed E-state index contributed by atoms with van der Waals surface area (Å²) in [5.74, 6) is 0. The van der Waals surface area contributed by atoms with Gasteiger partial charge in [0.2, 0.25) is 10.0 Å². The molecule has 102 valence electrons. The van der Waals surface area contributed by atoms with E-state index in [0.717, 1.165) is 5.56 Å². The van der Waals surface area contributed by atoms with Crippen LogP contribution in [0.25, 0.3) is 0 Å². The molecule has 2 rings (SSSR count). The second-order valence-electron chi connectivity index (χ2n) is 4.28. The molecule has 0 spiro atoms. The van der Waals surface area contributed by atoms with Crippen LogP contribution in [0.5, 0.6) is 0 Å². The average molecular weight is 300 g/mol. The summed E-state index contributed by atoms with van der Waals surface area (Å²) in [4.78, 5) is 0.190. The molecule has 1 heterocycles. The standard InChI is InChI=1S/C12H14ClN3O2S/c1-8-3-4-11(13)5-12(8)19(17,18)16-9(2)10-6-14-15-7-10/h3-7,9,16H,1-2H3,(H,14,15). The van der Waals surface area contributed by atoms with Crippen LogP contribution in [0.3, 0.4) is 0 Å². The number of halogens is 1. The first-order valence-electron chi connectivity index (χ1n) is 5.67. The van der Waals surface area contributed by atoms with E-state index in [1.807, 2.05) is 0 Å². The number of sulfonamides is 1. The Balaban J connectivity index is 2.30. The minimum atomic E-state index is -3.61. The number of aryl methyl sites for hydroxylation is 1. The zero-order chi connectivity index (χ0) is 14.0. The Morgan fingerprint density at radius 2 is 2.16 bits per heavy atom. The smallest absolute Gasteiger partial charge is 0.241 e. The molecule has 0 fully saturated rings. The van der Waals surface area contributed by atoms with Gasteiger partial charge in [0.1, 0.15) is 0 Å². The van der Waals surface area contributed by atoms with Gasteiger partial charge in [-0.2, -0.15) is 5.10 Å². The molecule has 1 atom stereocenters. The van der Waals surface area contributed by atoms with Crippen molar-refractivity contribution >= 4 is 21.6 Å². The second kappa shape index (κ2) is 5.32. The van der Waals surface area contributed by atoms with Crippen molar-refractivity contribution in [1.82, 2.24) is 14.9 Å². The Morgan fingerprint density at radius 3 is 2.79 bits per heavy atom. The van der Waals surface area contributed by atoms with E-state index >= 15 is 0 Å². The van der Waals surface area contributed by atoms with Crippen LogP contribution >= 0.6 is 11.6 Å². The molecular formula is C12H14ClN3O2S. The maximum absolute atomic E-state index is 12.3. The predicted octanol–water partition coefficient (Wildman–Crippen LogP) is 2.41. The van der Waals surface area contributed by atoms with E-state index in [2.05, 4.69) is 14.9 Å². The van der Waals surface area contributed by atoms with Gasteiger partial charge in [0, 0.05) is 22.8 Å². The van der Waals surface area contributed by atoms with Gasteiger partial charge in [0.15, 0.2) is 0 Å². The number of H-pyrrole nitrogens is 1. The third-order valence-electron chi connectivity index (χ3n) is 2.79. The highest BCUT2D eigenvalue weighted by atomic mass is 35.5. The SMILES string of the molecule is Cc1ccc(Cl)cc1S(=O)(=O)NC(C)c1cn[nH]c1. The quantitative estimate of drug-likeness (QED) is 0.910. The summed E-state index contributed by atoms with van der Waals surface area (Å²) in [5, 5.41) is 6.84. The molecule has 0 bridgehead atoms. The Kier molecular flexibility index (Phi) is 3.93. The van der Waals surface area contributed by atoms with E-state index in [4.69, 9.17) is 11.6 Å². The Hall–Kier alpha value is -1.37. The fraction of sp³-hybridized carbons (Fsp3) is 0.250. The molecule has 7 heteroatoms. The molecule has 0 aliphatic carbocycles. The second-order valence-corrected chi connectivity index (χ2v) is 6.40. The highest BCUT2D eigenvalue weighted by Crippen LogP contribution is 2.22. The van der Waals surface area contributed by atoms with Gasteiger partial charge in [0.25, 0.3) is 0 Å². The van der Waals surface area contributed by atoms with Crippen molar-refractivity contribution in [3.63, 3.8) is 0 Å². The highest BCUT2D eigenvalue weighted by molar-refractivity contribution is 7.89. The van der Waals surface area contributed by atoms with Crippen molar-refractivity contribution < 1.29 is 8.42 Å². The minimum Gasteiger partial charge on any atom is -0.285 e. The van der Waals surface area contributed by atoms with Crippen molar-refractivity contribution in [2.24, 2.45) is 0 Å². The first-order valence-corrected chi connectivity index (χ1v) is 7.53. The van der Waals surface area contributed by atoms with E-state index in [1.54, 1.807) is 38.4 Å². The van der Waals surface area contributed by atoms with Crippen molar-refractivity contribution in [3.8, 4) is 0 Å². The fourth-order valence-corrected chi connectivity index (χ4v) is 3.46. The predicted molar refractivity (Wildman–Crippen MR) is 73.5 cm³/mol. The van der Waals surface area contributed by atoms with Crippen LogP contribution in [0.1, 0.15) is 24.1 Å². The van der Waals surface area contributed by atoms with Gasteiger partial charge in [-0.25, -0.2) is 13.1 Å². The van der Waals surface area contributed by atoms with Gasteiger partial charge in [-0.1, -0.05) is 17.7 Å². The summed E-state index contributed by atoms with van der Waals surface area (Å²) < 4.78 is 27.2. The molecule has 1 aromatic heterocycles. The Morgan fingerprint density at radius 1 is 1.42 bits per heavy atom. The van der Waals surface area contributed by atoms with Crippen molar-refractivity contribution in [1.29, 1.82) is 0 Å². The molecule has 2 N–H and O–H groups in total. The van der Waals surface area contributed by atoms with Crippen LogP contribution in [-0.4, -0.2) is 18.6 Å². The molecule has 0 amide bonds. The lowest BCUT2D eigenvalue weighted by Gasteiger charge is -2.14. The number of rotatable bonds is 4. The maximum atomic E-state index is 12.3. The number of hydrogen-bond donors (Lipinski definition) is 2. The summed E-state index contributed by atoms with van der Waals surface area (Å²) >= 11 is 5.85. The summed E-state index contributed by atoms with van der Waals surface area (Å²) in [7, 11) is -3.61. The van der Waals surface area contributed by atoms with Gasteiger partial charge in [0.05, 0.1) is 11.1 Å². The van der Waals surface area contributed by atoms with E-state index in [1.165, 1.54) is 6.07 Å². The molecule has 0 radical (unpaired) electrons. The number of aromatic amines is 1. The molecule has 19 heavy (non-hydrogen) atoms. The Bertz CT molecular complexity index is 668. The number of aromatic nitrogens is 2. The zero-order valence-electron chi connectivity index (χ0n) is 10.5. The van der Waals surface area contributed by atoms with Gasteiger partial charge < -0.3 is 0 Å². The van der Waals surface area contributed by atoms with Gasteiger partial charge in [-0.15, -0.1) is 0 Å². The zero-order valence-corrected chi connectivity index (χ0v) is 12.1. The van der Waals surface area contributed by atoms with Gasteiger partial charge in [-0.05, 0) is 31.5 Å². The molecule has 1 aromatic carbocycles. The monoisotopic (exact) mass is 299 g/mol. The van der Waals surface area contributed by atoms with Gasteiger partial charge >= 0.3 is 0 Å². The van der Waals surface area contributed by atoms with Crippen LogP contribution in [-0.2, 0) is 10.0 Å². The van der Waals surface area contributed by atoms with Crippen LogP contribution in [0, 0.1) is 6.92 Å². The minimum absolute atomic E-state index is 0.190. The van der Waals surface area contributed by atoms with E-state index < -0.39 is 10.0 Å². The molecule has 1 unspecified atom stereocenters. The van der Waals surface area contributed by atoms with Crippen molar-refractivity contribution in [3.05, 3.63) is 46.7 Å². The number of hydrogen-bond acceptors (Lipinski definition) is 3. The van der Waals surface area contributed by atoms with Crippen molar-refractivity contribution in [2.75, 3.05) is 0 Å². The summed E-state index contributed by atoms with van der Waals surface area (Å²) in [6.07, 6.45) is 3.23. The summed E-state index contributed by atoms with van der Waals surface area (Å²) in [5.41, 5.74) is 1.42. The summed E-state index contributed by atoms with van der Waals surface area (Å²) in [6.45, 7) is 3.48. The third kappa shape index (κ3) is 3.15. The fourth-order valence-electron chi connectivity index (χ4n) is 1.73. The summed E-state index contributed by atoms with van der Waals surface area (Å²) in [6, 6.07) is 4.41. The third-order valence-corrected chi connectivity index (χ3v) is 4.71. The number of benzene rings is 1. The van der Waals surface area contributed by atoms with Crippen molar-refractivity contribution in [2.45, 2.75) is 24.8 Å². The number of nitrogens with one attached hydrogen (secondary N) is 2. The highest BCUT2D eigenvalue weighted by Gasteiger charge is 2.21. The number of nitrogens with zero attached hydrogens (tertiary/aromatic N) is 1. The lowest BCUT2D eigenvalue weighted by atomic mass is 10.2.